The highest BCUT2D eigenvalue weighted by Gasteiger charge is 2.23. The maximum atomic E-state index is 12.3. The molecule has 0 saturated carbocycles. The van der Waals surface area contributed by atoms with Gasteiger partial charge in [0, 0.05) is 13.1 Å². The van der Waals surface area contributed by atoms with E-state index in [0.717, 1.165) is 25.9 Å². The van der Waals surface area contributed by atoms with Crippen LogP contribution in [0.3, 0.4) is 0 Å². The van der Waals surface area contributed by atoms with E-state index in [4.69, 9.17) is 9.84 Å². The Hall–Kier alpha value is -2.04. The lowest BCUT2D eigenvalue weighted by molar-refractivity contribution is -0.138. The van der Waals surface area contributed by atoms with E-state index in [-0.39, 0.29) is 11.5 Å². The van der Waals surface area contributed by atoms with Gasteiger partial charge in [-0.1, -0.05) is 0 Å². The van der Waals surface area contributed by atoms with Gasteiger partial charge in [0.15, 0.2) is 6.10 Å². The largest absolute Gasteiger partial charge is 0.481 e. The fraction of sp³-hybridized carbons (Fsp3) is 0.500. The highest BCUT2D eigenvalue weighted by molar-refractivity contribution is 5.88. The van der Waals surface area contributed by atoms with Crippen LogP contribution >= 0.6 is 0 Å². The van der Waals surface area contributed by atoms with Gasteiger partial charge in [-0.25, -0.2) is 4.79 Å². The molecule has 1 atom stereocenters. The molecule has 0 bridgehead atoms. The molecule has 1 amide bonds. The van der Waals surface area contributed by atoms with Crippen molar-refractivity contribution in [2.75, 3.05) is 13.1 Å². The van der Waals surface area contributed by atoms with E-state index in [9.17, 15) is 9.59 Å². The van der Waals surface area contributed by atoms with Crippen molar-refractivity contribution in [1.29, 1.82) is 0 Å². The first kappa shape index (κ1) is 15.4. The Labute approximate surface area is 124 Å². The topological polar surface area (TPSA) is 66.8 Å². The molecule has 0 aliphatic carbocycles. The van der Waals surface area contributed by atoms with Crippen LogP contribution in [0.1, 0.15) is 42.1 Å². The summed E-state index contributed by atoms with van der Waals surface area (Å²) in [5, 5.41) is 8.94. The third kappa shape index (κ3) is 3.74. The van der Waals surface area contributed by atoms with Crippen LogP contribution in [-0.4, -0.2) is 41.1 Å². The van der Waals surface area contributed by atoms with Crippen molar-refractivity contribution < 1.29 is 19.4 Å². The summed E-state index contributed by atoms with van der Waals surface area (Å²) >= 11 is 0. The normalized spacial score (nSPS) is 16.4. The van der Waals surface area contributed by atoms with Gasteiger partial charge in [0.25, 0.3) is 5.91 Å². The Morgan fingerprint density at radius 2 is 1.90 bits per heavy atom. The summed E-state index contributed by atoms with van der Waals surface area (Å²) in [5.74, 6) is -0.420. The molecule has 1 N–H and O–H groups in total. The first-order valence-corrected chi connectivity index (χ1v) is 7.28. The van der Waals surface area contributed by atoms with Gasteiger partial charge in [-0.15, -0.1) is 0 Å². The molecule has 5 heteroatoms. The number of rotatable bonds is 4. The fourth-order valence-corrected chi connectivity index (χ4v) is 2.53. The smallest absolute Gasteiger partial charge is 0.335 e. The number of piperidine rings is 1. The summed E-state index contributed by atoms with van der Waals surface area (Å²) in [7, 11) is 0. The molecule has 114 valence electrons. The lowest BCUT2D eigenvalue weighted by atomic mass is 10.1. The molecule has 5 nitrogen and oxygen atoms in total. The first-order chi connectivity index (χ1) is 9.99. The van der Waals surface area contributed by atoms with Gasteiger partial charge in [0.05, 0.1) is 5.56 Å². The summed E-state index contributed by atoms with van der Waals surface area (Å²) in [4.78, 5) is 25.0. The minimum Gasteiger partial charge on any atom is -0.481 e. The van der Waals surface area contributed by atoms with Crippen LogP contribution in [0.15, 0.2) is 18.2 Å². The van der Waals surface area contributed by atoms with Crippen LogP contribution in [-0.2, 0) is 4.79 Å². The minimum absolute atomic E-state index is 0.00332. The van der Waals surface area contributed by atoms with Crippen LogP contribution in [0.25, 0.3) is 0 Å². The standard InChI is InChI=1S/C16H21NO4/c1-11-10-13(16(19)20)6-7-14(11)21-12(2)15(18)17-8-4-3-5-9-17/h6-7,10,12H,3-5,8-9H2,1-2H3,(H,19,20). The molecule has 0 radical (unpaired) electrons. The maximum absolute atomic E-state index is 12.3. The Balaban J connectivity index is 2.03. The number of hydrogen-bond acceptors (Lipinski definition) is 3. The molecule has 1 aromatic carbocycles. The van der Waals surface area contributed by atoms with E-state index in [1.165, 1.54) is 12.5 Å². The number of likely N-dealkylation sites (tertiary alicyclic amines) is 1. The minimum atomic E-state index is -0.970. The van der Waals surface area contributed by atoms with E-state index in [0.29, 0.717) is 11.3 Å². The number of amides is 1. The summed E-state index contributed by atoms with van der Waals surface area (Å²) in [6.07, 6.45) is 2.71. The number of nitrogens with zero attached hydrogens (tertiary/aromatic N) is 1. The number of carbonyl (C=O) groups is 2. The van der Waals surface area contributed by atoms with Gasteiger partial charge in [-0.2, -0.15) is 0 Å². The number of ether oxygens (including phenoxy) is 1. The zero-order chi connectivity index (χ0) is 15.4. The lowest BCUT2D eigenvalue weighted by Gasteiger charge is -2.29. The van der Waals surface area contributed by atoms with E-state index >= 15 is 0 Å². The molecule has 1 aliphatic rings. The van der Waals surface area contributed by atoms with E-state index in [1.807, 2.05) is 4.90 Å². The molecular formula is C16H21NO4. The van der Waals surface area contributed by atoms with Gasteiger partial charge >= 0.3 is 5.97 Å². The average Bonchev–Trinajstić information content (AvgIpc) is 2.49. The highest BCUT2D eigenvalue weighted by Crippen LogP contribution is 2.21. The SMILES string of the molecule is Cc1cc(C(=O)O)ccc1OC(C)C(=O)N1CCCCC1. The second-order valence-electron chi connectivity index (χ2n) is 5.43. The fourth-order valence-electron chi connectivity index (χ4n) is 2.53. The molecular weight excluding hydrogens is 270 g/mol. The van der Waals surface area contributed by atoms with Crippen molar-refractivity contribution in [3.05, 3.63) is 29.3 Å². The van der Waals surface area contributed by atoms with Crippen LogP contribution in [0.4, 0.5) is 0 Å². The number of carbonyl (C=O) groups excluding carboxylic acids is 1. The van der Waals surface area contributed by atoms with Crippen LogP contribution < -0.4 is 4.74 Å². The van der Waals surface area contributed by atoms with Crippen molar-refractivity contribution in [2.45, 2.75) is 39.2 Å². The van der Waals surface area contributed by atoms with Crippen LogP contribution in [0, 0.1) is 6.92 Å². The molecule has 1 aromatic rings. The number of hydrogen-bond donors (Lipinski definition) is 1. The Bertz CT molecular complexity index is 535. The monoisotopic (exact) mass is 291 g/mol. The molecule has 0 aromatic heterocycles. The molecule has 1 fully saturated rings. The number of aromatic carboxylic acids is 1. The number of benzene rings is 1. The average molecular weight is 291 g/mol. The number of aryl methyl sites for hydroxylation is 1. The van der Waals surface area contributed by atoms with Crippen LogP contribution in [0.5, 0.6) is 5.75 Å². The predicted octanol–water partition coefficient (Wildman–Crippen LogP) is 2.47. The summed E-state index contributed by atoms with van der Waals surface area (Å²) < 4.78 is 5.71. The van der Waals surface area contributed by atoms with Gasteiger partial charge in [-0.3, -0.25) is 4.79 Å². The molecule has 1 heterocycles. The Morgan fingerprint density at radius 1 is 1.24 bits per heavy atom. The van der Waals surface area contributed by atoms with Crippen molar-refractivity contribution in [3.8, 4) is 5.75 Å². The second kappa shape index (κ2) is 6.61. The molecule has 21 heavy (non-hydrogen) atoms. The van der Waals surface area contributed by atoms with Crippen molar-refractivity contribution in [3.63, 3.8) is 0 Å². The zero-order valence-electron chi connectivity index (χ0n) is 12.5. The van der Waals surface area contributed by atoms with E-state index in [1.54, 1.807) is 26.0 Å². The molecule has 2 rings (SSSR count). The second-order valence-corrected chi connectivity index (χ2v) is 5.43. The highest BCUT2D eigenvalue weighted by atomic mass is 16.5. The van der Waals surface area contributed by atoms with E-state index in [2.05, 4.69) is 0 Å². The van der Waals surface area contributed by atoms with Gasteiger partial charge in [0.1, 0.15) is 5.75 Å². The maximum Gasteiger partial charge on any atom is 0.335 e. The van der Waals surface area contributed by atoms with Crippen molar-refractivity contribution >= 4 is 11.9 Å². The summed E-state index contributed by atoms with van der Waals surface area (Å²) in [6.45, 7) is 5.11. The third-order valence-corrected chi connectivity index (χ3v) is 3.74. The third-order valence-electron chi connectivity index (χ3n) is 3.74. The van der Waals surface area contributed by atoms with Crippen LogP contribution in [0.2, 0.25) is 0 Å². The zero-order valence-corrected chi connectivity index (χ0v) is 12.5. The summed E-state index contributed by atoms with van der Waals surface area (Å²) in [6, 6.07) is 4.65. The van der Waals surface area contributed by atoms with Gasteiger partial charge in [-0.05, 0) is 56.9 Å². The predicted molar refractivity (Wildman–Crippen MR) is 78.7 cm³/mol. The Morgan fingerprint density at radius 3 is 2.48 bits per heavy atom. The Kier molecular flexibility index (Phi) is 4.83. The van der Waals surface area contributed by atoms with Gasteiger partial charge < -0.3 is 14.7 Å². The van der Waals surface area contributed by atoms with Gasteiger partial charge in [0.2, 0.25) is 0 Å². The quantitative estimate of drug-likeness (QED) is 0.925. The van der Waals surface area contributed by atoms with Crippen molar-refractivity contribution in [2.24, 2.45) is 0 Å². The number of carboxylic acid groups (broad SMARTS) is 1. The molecule has 1 saturated heterocycles. The lowest BCUT2D eigenvalue weighted by Crippen LogP contribution is -2.43. The van der Waals surface area contributed by atoms with Crippen molar-refractivity contribution in [1.82, 2.24) is 4.90 Å². The molecule has 1 aliphatic heterocycles. The molecule has 0 spiro atoms. The van der Waals surface area contributed by atoms with E-state index < -0.39 is 12.1 Å². The molecule has 1 unspecified atom stereocenters. The first-order valence-electron chi connectivity index (χ1n) is 7.28. The number of carboxylic acids is 1. The summed E-state index contributed by atoms with van der Waals surface area (Å²) in [5.41, 5.74) is 0.933.